The number of carbonyl (C=O) groups is 1. The number of benzene rings is 1. The minimum absolute atomic E-state index is 0.161. The average Bonchev–Trinajstić information content (AvgIpc) is 3.13. The molecule has 0 unspecified atom stereocenters. The molecule has 3 heterocycles. The van der Waals surface area contributed by atoms with Crippen molar-refractivity contribution in [3.63, 3.8) is 0 Å². The summed E-state index contributed by atoms with van der Waals surface area (Å²) < 4.78 is 21.6. The third-order valence-electron chi connectivity index (χ3n) is 4.63. The second-order valence-corrected chi connectivity index (χ2v) is 6.34. The number of likely N-dealkylation sites (tertiary alicyclic amines) is 1. The summed E-state index contributed by atoms with van der Waals surface area (Å²) in [4.78, 5) is 20.7. The maximum Gasteiger partial charge on any atom is 0.407 e. The van der Waals surface area contributed by atoms with E-state index in [1.54, 1.807) is 0 Å². The van der Waals surface area contributed by atoms with E-state index in [-0.39, 0.29) is 17.4 Å². The van der Waals surface area contributed by atoms with E-state index in [0.717, 1.165) is 6.07 Å². The summed E-state index contributed by atoms with van der Waals surface area (Å²) in [5.41, 5.74) is 0.744. The van der Waals surface area contributed by atoms with Gasteiger partial charge in [-0.3, -0.25) is 0 Å². The first-order valence-corrected chi connectivity index (χ1v) is 8.60. The standard InChI is InChI=1S/C18H15FN6O3/c19-14-7-11(8-20)1-2-15(14)25-16-13(9-23-25)17(22-10-21-16)28-12-3-5-24(6-4-12)18(26)27/h1-2,7,9-10,12H,3-6H2,(H,26,27). The molecule has 2 aromatic heterocycles. The molecule has 1 aliphatic rings. The van der Waals surface area contributed by atoms with Crippen molar-refractivity contribution >= 4 is 17.1 Å². The van der Waals surface area contributed by atoms with Crippen molar-refractivity contribution in [2.75, 3.05) is 13.1 Å². The molecule has 0 aliphatic carbocycles. The van der Waals surface area contributed by atoms with Gasteiger partial charge in [0.25, 0.3) is 0 Å². The minimum Gasteiger partial charge on any atom is -0.474 e. The molecule has 1 aliphatic heterocycles. The molecule has 1 aromatic carbocycles. The SMILES string of the molecule is N#Cc1ccc(-n2ncc3c(OC4CCN(C(=O)O)CC4)ncnc32)c(F)c1. The molecule has 1 amide bonds. The smallest absolute Gasteiger partial charge is 0.407 e. The number of carboxylic acid groups (broad SMARTS) is 1. The molecule has 0 spiro atoms. The normalized spacial score (nSPS) is 14.8. The monoisotopic (exact) mass is 382 g/mol. The number of aromatic nitrogens is 4. The second kappa shape index (κ2) is 7.11. The predicted octanol–water partition coefficient (Wildman–Crippen LogP) is 2.35. The lowest BCUT2D eigenvalue weighted by atomic mass is 10.1. The predicted molar refractivity (Wildman–Crippen MR) is 94.6 cm³/mol. The fraction of sp³-hybridized carbons (Fsp3) is 0.278. The molecule has 4 rings (SSSR count). The number of fused-ring (bicyclic) bond motifs is 1. The van der Waals surface area contributed by atoms with Crippen molar-refractivity contribution in [3.05, 3.63) is 42.1 Å². The molecule has 9 nitrogen and oxygen atoms in total. The van der Waals surface area contributed by atoms with Crippen molar-refractivity contribution < 1.29 is 19.0 Å². The van der Waals surface area contributed by atoms with Gasteiger partial charge in [0, 0.05) is 25.9 Å². The lowest BCUT2D eigenvalue weighted by molar-refractivity contribution is 0.0879. The van der Waals surface area contributed by atoms with Gasteiger partial charge in [-0.25, -0.2) is 23.8 Å². The largest absolute Gasteiger partial charge is 0.474 e. The molecule has 0 saturated carbocycles. The van der Waals surface area contributed by atoms with E-state index in [9.17, 15) is 9.18 Å². The zero-order chi connectivity index (χ0) is 19.7. The van der Waals surface area contributed by atoms with Crippen LogP contribution in [0.1, 0.15) is 18.4 Å². The molecule has 0 atom stereocenters. The molecule has 3 aromatic rings. The molecule has 10 heteroatoms. The van der Waals surface area contributed by atoms with Crippen LogP contribution in [0.15, 0.2) is 30.7 Å². The number of hydrogen-bond acceptors (Lipinski definition) is 6. The topological polar surface area (TPSA) is 117 Å². The van der Waals surface area contributed by atoms with Gasteiger partial charge in [0.05, 0.1) is 17.8 Å². The van der Waals surface area contributed by atoms with E-state index >= 15 is 0 Å². The third-order valence-corrected chi connectivity index (χ3v) is 4.63. The van der Waals surface area contributed by atoms with Gasteiger partial charge in [0.1, 0.15) is 29.3 Å². The van der Waals surface area contributed by atoms with E-state index < -0.39 is 11.9 Å². The van der Waals surface area contributed by atoms with Gasteiger partial charge in [-0.05, 0) is 18.2 Å². The summed E-state index contributed by atoms with van der Waals surface area (Å²) in [6.07, 6.45) is 2.79. The molecule has 28 heavy (non-hydrogen) atoms. The van der Waals surface area contributed by atoms with Gasteiger partial charge < -0.3 is 14.7 Å². The number of piperidine rings is 1. The Kier molecular flexibility index (Phi) is 4.49. The van der Waals surface area contributed by atoms with E-state index in [2.05, 4.69) is 15.1 Å². The Morgan fingerprint density at radius 2 is 2.11 bits per heavy atom. The second-order valence-electron chi connectivity index (χ2n) is 6.34. The van der Waals surface area contributed by atoms with Gasteiger partial charge in [-0.2, -0.15) is 10.4 Å². The van der Waals surface area contributed by atoms with Crippen molar-refractivity contribution in [2.24, 2.45) is 0 Å². The Labute approximate surface area is 158 Å². The fourth-order valence-corrected chi connectivity index (χ4v) is 3.16. The van der Waals surface area contributed by atoms with Gasteiger partial charge in [-0.15, -0.1) is 0 Å². The number of ether oxygens (including phenoxy) is 1. The highest BCUT2D eigenvalue weighted by molar-refractivity contribution is 5.81. The summed E-state index contributed by atoms with van der Waals surface area (Å²) in [6.45, 7) is 0.786. The van der Waals surface area contributed by atoms with Crippen LogP contribution in [0, 0.1) is 17.1 Å². The van der Waals surface area contributed by atoms with Crippen LogP contribution in [0.5, 0.6) is 5.88 Å². The number of nitrogens with zero attached hydrogens (tertiary/aromatic N) is 6. The van der Waals surface area contributed by atoms with Crippen LogP contribution in [-0.2, 0) is 0 Å². The van der Waals surface area contributed by atoms with E-state index in [1.807, 2.05) is 6.07 Å². The maximum absolute atomic E-state index is 14.4. The average molecular weight is 382 g/mol. The van der Waals surface area contributed by atoms with Crippen molar-refractivity contribution in [2.45, 2.75) is 18.9 Å². The Morgan fingerprint density at radius 3 is 2.79 bits per heavy atom. The maximum atomic E-state index is 14.4. The van der Waals surface area contributed by atoms with Gasteiger partial charge in [0.15, 0.2) is 5.65 Å². The van der Waals surface area contributed by atoms with Crippen LogP contribution in [0.3, 0.4) is 0 Å². The molecular formula is C18H15FN6O3. The molecule has 1 saturated heterocycles. The Hall–Kier alpha value is -3.74. The first-order valence-electron chi connectivity index (χ1n) is 8.60. The van der Waals surface area contributed by atoms with Gasteiger partial charge >= 0.3 is 6.09 Å². The van der Waals surface area contributed by atoms with Crippen LogP contribution < -0.4 is 4.74 Å². The lowest BCUT2D eigenvalue weighted by Gasteiger charge is -2.29. The summed E-state index contributed by atoms with van der Waals surface area (Å²) in [7, 11) is 0. The highest BCUT2D eigenvalue weighted by Gasteiger charge is 2.25. The summed E-state index contributed by atoms with van der Waals surface area (Å²) in [5, 5.41) is 22.6. The highest BCUT2D eigenvalue weighted by atomic mass is 19.1. The number of amides is 1. The number of hydrogen-bond donors (Lipinski definition) is 1. The number of rotatable bonds is 3. The lowest BCUT2D eigenvalue weighted by Crippen LogP contribution is -2.41. The molecule has 142 valence electrons. The van der Waals surface area contributed by atoms with E-state index in [4.69, 9.17) is 15.1 Å². The van der Waals surface area contributed by atoms with E-state index in [0.29, 0.717) is 42.8 Å². The zero-order valence-corrected chi connectivity index (χ0v) is 14.6. The molecular weight excluding hydrogens is 367 g/mol. The highest BCUT2D eigenvalue weighted by Crippen LogP contribution is 2.27. The first-order chi connectivity index (χ1) is 13.6. The van der Waals surface area contributed by atoms with Crippen molar-refractivity contribution in [1.29, 1.82) is 5.26 Å². The zero-order valence-electron chi connectivity index (χ0n) is 14.6. The molecule has 1 fully saturated rings. The van der Waals surface area contributed by atoms with Crippen LogP contribution in [0.25, 0.3) is 16.7 Å². The van der Waals surface area contributed by atoms with Crippen LogP contribution in [-0.4, -0.2) is 55.0 Å². The molecule has 0 radical (unpaired) electrons. The van der Waals surface area contributed by atoms with E-state index in [1.165, 1.54) is 34.2 Å². The minimum atomic E-state index is -0.936. The fourth-order valence-electron chi connectivity index (χ4n) is 3.16. The van der Waals surface area contributed by atoms with Gasteiger partial charge in [-0.1, -0.05) is 0 Å². The summed E-state index contributed by atoms with van der Waals surface area (Å²) >= 11 is 0. The Morgan fingerprint density at radius 1 is 1.32 bits per heavy atom. The molecule has 1 N–H and O–H groups in total. The van der Waals surface area contributed by atoms with Crippen LogP contribution >= 0.6 is 0 Å². The van der Waals surface area contributed by atoms with Crippen LogP contribution in [0.4, 0.5) is 9.18 Å². The number of nitriles is 1. The quantitative estimate of drug-likeness (QED) is 0.739. The summed E-state index contributed by atoms with van der Waals surface area (Å²) in [5.74, 6) is -0.273. The number of halogens is 1. The molecule has 0 bridgehead atoms. The Bertz CT molecular complexity index is 1080. The van der Waals surface area contributed by atoms with Crippen LogP contribution in [0.2, 0.25) is 0 Å². The Balaban J connectivity index is 1.61. The van der Waals surface area contributed by atoms with Crippen molar-refractivity contribution in [3.8, 4) is 17.6 Å². The first kappa shape index (κ1) is 17.7. The summed E-state index contributed by atoms with van der Waals surface area (Å²) in [6, 6.07) is 5.99. The van der Waals surface area contributed by atoms with Gasteiger partial charge in [0.2, 0.25) is 5.88 Å². The third kappa shape index (κ3) is 3.18. The van der Waals surface area contributed by atoms with Crippen molar-refractivity contribution in [1.82, 2.24) is 24.6 Å².